The number of aliphatic hydroxyl groups excluding tert-OH is 1. The SMILES string of the molecule is CN1CCN(CCCN2CCCN3c4c(nc5c(c42)CCC(NCCN2CCC(O)CC2N2CCN(CCCN4CCCN6C7CCCCC7C7NC8CC(N)CCC8C4C76)CC2)C5)C2CCCCC23)CC1. The Labute approximate surface area is 435 Å². The lowest BCUT2D eigenvalue weighted by Gasteiger charge is -2.54. The van der Waals surface area contributed by atoms with Crippen molar-refractivity contribution >= 4 is 11.4 Å². The molecule has 14 heteroatoms. The number of piperazine rings is 2. The van der Waals surface area contributed by atoms with Crippen molar-refractivity contribution < 1.29 is 5.11 Å². The number of likely N-dealkylation sites (tertiary alicyclic amines) is 1. The molecule has 3 saturated carbocycles. The summed E-state index contributed by atoms with van der Waals surface area (Å²) in [4.78, 5) is 31.1. The number of likely N-dealkylation sites (N-methyl/N-ethyl adjacent to an activating group) is 1. The minimum absolute atomic E-state index is 0.182. The third-order valence-corrected chi connectivity index (χ3v) is 22.0. The van der Waals surface area contributed by atoms with Gasteiger partial charge in [0.1, 0.15) is 0 Å². The number of piperidine rings is 2. The first kappa shape index (κ1) is 49.9. The van der Waals surface area contributed by atoms with E-state index in [4.69, 9.17) is 10.7 Å². The highest BCUT2D eigenvalue weighted by molar-refractivity contribution is 5.82. The first-order valence-corrected chi connectivity index (χ1v) is 31.0. The summed E-state index contributed by atoms with van der Waals surface area (Å²) in [5, 5.41) is 19.5. The van der Waals surface area contributed by atoms with Crippen molar-refractivity contribution in [3.05, 3.63) is 17.0 Å². The lowest BCUT2D eigenvalue weighted by Crippen LogP contribution is -2.69. The van der Waals surface area contributed by atoms with Crippen LogP contribution >= 0.6 is 0 Å². The van der Waals surface area contributed by atoms with E-state index in [1.54, 1.807) is 16.9 Å². The van der Waals surface area contributed by atoms with Crippen molar-refractivity contribution in [3.8, 4) is 0 Å². The predicted molar refractivity (Wildman–Crippen MR) is 291 cm³/mol. The van der Waals surface area contributed by atoms with E-state index in [9.17, 15) is 5.11 Å². The molecule has 9 heterocycles. The van der Waals surface area contributed by atoms with Gasteiger partial charge in [0, 0.05) is 171 Å². The van der Waals surface area contributed by atoms with Gasteiger partial charge in [-0.1, -0.05) is 25.7 Å². The first-order valence-electron chi connectivity index (χ1n) is 31.0. The van der Waals surface area contributed by atoms with E-state index in [2.05, 4.69) is 61.8 Å². The van der Waals surface area contributed by atoms with E-state index in [0.29, 0.717) is 54.4 Å². The summed E-state index contributed by atoms with van der Waals surface area (Å²) in [5.74, 6) is 2.22. The highest BCUT2D eigenvalue weighted by atomic mass is 16.3. The zero-order chi connectivity index (χ0) is 48.3. The number of nitrogens with one attached hydrogen (secondary N) is 2. The van der Waals surface area contributed by atoms with Crippen molar-refractivity contribution in [1.29, 1.82) is 0 Å². The smallest absolute Gasteiger partial charge is 0.0832 e. The van der Waals surface area contributed by atoms with Crippen LogP contribution in [0.1, 0.15) is 138 Å². The number of aliphatic hydroxyl groups is 1. The van der Waals surface area contributed by atoms with Gasteiger partial charge in [0.05, 0.1) is 29.3 Å². The molecule has 4 aliphatic carbocycles. The number of hydrogen-bond acceptors (Lipinski definition) is 14. The maximum absolute atomic E-state index is 11.1. The van der Waals surface area contributed by atoms with E-state index in [1.807, 2.05) is 0 Å². The summed E-state index contributed by atoms with van der Waals surface area (Å²) in [5.41, 5.74) is 14.4. The molecule has 72 heavy (non-hydrogen) atoms. The second-order valence-corrected chi connectivity index (χ2v) is 26.1. The average molecular weight is 995 g/mol. The third-order valence-electron chi connectivity index (χ3n) is 22.0. The fourth-order valence-corrected chi connectivity index (χ4v) is 18.5. The molecule has 0 radical (unpaired) electrons. The highest BCUT2D eigenvalue weighted by Gasteiger charge is 2.59. The normalized spacial score (nSPS) is 39.4. The molecule has 13 unspecified atom stereocenters. The van der Waals surface area contributed by atoms with Gasteiger partial charge < -0.3 is 46.0 Å². The van der Waals surface area contributed by atoms with Gasteiger partial charge >= 0.3 is 0 Å². The second-order valence-electron chi connectivity index (χ2n) is 26.1. The van der Waals surface area contributed by atoms with Gasteiger partial charge in [0.2, 0.25) is 0 Å². The number of nitrogens with zero attached hydrogens (tertiary/aromatic N) is 10. The molecule has 6 saturated heterocycles. The monoisotopic (exact) mass is 994 g/mol. The zero-order valence-corrected chi connectivity index (χ0v) is 45.1. The van der Waals surface area contributed by atoms with Crippen LogP contribution < -0.4 is 26.2 Å². The van der Waals surface area contributed by atoms with Crippen LogP contribution in [0, 0.1) is 11.8 Å². The number of aromatic nitrogens is 1. The Bertz CT molecular complexity index is 1980. The van der Waals surface area contributed by atoms with Gasteiger partial charge in [-0.05, 0) is 141 Å². The van der Waals surface area contributed by atoms with Crippen LogP contribution in [0.3, 0.4) is 0 Å². The molecule has 14 nitrogen and oxygen atoms in total. The molecular formula is C58H99N13O. The topological polar surface area (TPSA) is 112 Å². The third kappa shape index (κ3) is 9.84. The largest absolute Gasteiger partial charge is 0.393 e. The Morgan fingerprint density at radius 1 is 0.653 bits per heavy atom. The number of pyridine rings is 1. The van der Waals surface area contributed by atoms with Gasteiger partial charge in [-0.3, -0.25) is 24.6 Å². The molecule has 402 valence electrons. The molecule has 5 N–H and O–H groups in total. The Morgan fingerprint density at radius 3 is 2.29 bits per heavy atom. The molecule has 13 atom stereocenters. The number of fused-ring (bicyclic) bond motifs is 10. The predicted octanol–water partition coefficient (Wildman–Crippen LogP) is 3.80. The van der Waals surface area contributed by atoms with Crippen molar-refractivity contribution in [2.24, 2.45) is 17.6 Å². The minimum Gasteiger partial charge on any atom is -0.393 e. The molecule has 0 aromatic carbocycles. The van der Waals surface area contributed by atoms with E-state index >= 15 is 0 Å². The van der Waals surface area contributed by atoms with Gasteiger partial charge in [-0.15, -0.1) is 0 Å². The molecule has 0 bridgehead atoms. The van der Waals surface area contributed by atoms with Crippen LogP contribution in [0.5, 0.6) is 0 Å². The summed E-state index contributed by atoms with van der Waals surface area (Å²) >= 11 is 0. The summed E-state index contributed by atoms with van der Waals surface area (Å²) in [6, 6.07) is 5.03. The lowest BCUT2D eigenvalue weighted by molar-refractivity contribution is -0.0521. The van der Waals surface area contributed by atoms with Gasteiger partial charge in [0.25, 0.3) is 0 Å². The molecule has 8 aliphatic heterocycles. The lowest BCUT2D eigenvalue weighted by atomic mass is 9.69. The van der Waals surface area contributed by atoms with Crippen molar-refractivity contribution in [2.75, 3.05) is 141 Å². The Hall–Kier alpha value is -1.69. The molecular weight excluding hydrogens is 895 g/mol. The van der Waals surface area contributed by atoms with Crippen LogP contribution in [-0.4, -0.2) is 236 Å². The molecule has 1 aromatic heterocycles. The quantitative estimate of drug-likeness (QED) is 0.230. The Kier molecular flexibility index (Phi) is 15.2. The molecule has 0 amide bonds. The van der Waals surface area contributed by atoms with Gasteiger partial charge in [-0.2, -0.15) is 0 Å². The Balaban J connectivity index is 0.614. The van der Waals surface area contributed by atoms with E-state index in [1.165, 1.54) is 193 Å². The highest BCUT2D eigenvalue weighted by Crippen LogP contribution is 2.54. The van der Waals surface area contributed by atoms with E-state index in [-0.39, 0.29) is 6.10 Å². The van der Waals surface area contributed by atoms with Crippen LogP contribution in [0.4, 0.5) is 11.4 Å². The summed E-state index contributed by atoms with van der Waals surface area (Å²) < 4.78 is 0. The Morgan fingerprint density at radius 2 is 1.43 bits per heavy atom. The summed E-state index contributed by atoms with van der Waals surface area (Å²) in [6.45, 7) is 22.3. The molecule has 0 spiro atoms. The van der Waals surface area contributed by atoms with Crippen LogP contribution in [-0.2, 0) is 12.8 Å². The van der Waals surface area contributed by atoms with Crippen LogP contribution in [0.2, 0.25) is 0 Å². The number of rotatable bonds is 13. The molecule has 13 rings (SSSR count). The molecule has 12 aliphatic rings. The van der Waals surface area contributed by atoms with E-state index in [0.717, 1.165) is 89.4 Å². The summed E-state index contributed by atoms with van der Waals surface area (Å²) in [6.07, 6.45) is 25.3. The second kappa shape index (κ2) is 22.0. The summed E-state index contributed by atoms with van der Waals surface area (Å²) in [7, 11) is 2.27. The van der Waals surface area contributed by atoms with Gasteiger partial charge in [0.15, 0.2) is 0 Å². The van der Waals surface area contributed by atoms with Crippen molar-refractivity contribution in [3.63, 3.8) is 0 Å². The van der Waals surface area contributed by atoms with Crippen LogP contribution in [0.25, 0.3) is 0 Å². The minimum atomic E-state index is -0.182. The standard InChI is InChI=1S/C58H99N13O/c1-63-30-32-64(33-31-63)20-6-22-69-25-9-27-71-51-13-5-3-11-47(51)54-58(71)56(69)45-17-15-42(39-49(45)62-54)60-19-29-66-28-18-43(72)40-52(66)67-36-34-65(35-37-67)21-7-23-68-24-8-26-70-50-12-4-2-10-46(50)53-57(70)55(68)44-16-14-41(59)38-48(44)61-53/h41-44,46-48,50-53,55,57,60-61,72H,2-40,59H2,1H3. The molecule has 9 fully saturated rings. The van der Waals surface area contributed by atoms with Crippen molar-refractivity contribution in [2.45, 2.75) is 195 Å². The zero-order valence-electron chi connectivity index (χ0n) is 45.1. The maximum atomic E-state index is 11.1. The van der Waals surface area contributed by atoms with Crippen LogP contribution in [0.15, 0.2) is 0 Å². The number of anilines is 2. The fraction of sp³-hybridized carbons (Fsp3) is 0.914. The first-order chi connectivity index (χ1) is 35.4. The molecule has 1 aromatic rings. The number of nitrogens with two attached hydrogens (primary N) is 1. The number of hydrogen-bond donors (Lipinski definition) is 4. The van der Waals surface area contributed by atoms with Gasteiger partial charge in [-0.25, -0.2) is 0 Å². The van der Waals surface area contributed by atoms with E-state index < -0.39 is 0 Å². The maximum Gasteiger partial charge on any atom is 0.0832 e. The fourth-order valence-electron chi connectivity index (χ4n) is 18.5. The average Bonchev–Trinajstić information content (AvgIpc) is 3.69. The van der Waals surface area contributed by atoms with Crippen molar-refractivity contribution in [1.82, 2.24) is 49.9 Å².